The van der Waals surface area contributed by atoms with Crippen LogP contribution in [0.3, 0.4) is 0 Å². The number of benzene rings is 2. The van der Waals surface area contributed by atoms with Crippen LogP contribution >= 0.6 is 0 Å². The van der Waals surface area contributed by atoms with Crippen LogP contribution in [-0.4, -0.2) is 54.0 Å². The molecule has 8 nitrogen and oxygen atoms in total. The topological polar surface area (TPSA) is 95.8 Å². The third-order valence-electron chi connectivity index (χ3n) is 4.96. The van der Waals surface area contributed by atoms with Gasteiger partial charge in [-0.15, -0.1) is 0 Å². The van der Waals surface area contributed by atoms with Crippen LogP contribution in [0.1, 0.15) is 15.9 Å². The van der Waals surface area contributed by atoms with E-state index in [0.717, 1.165) is 10.6 Å². The molecule has 2 amide bonds. The monoisotopic (exact) mass is 436 g/mol. The summed E-state index contributed by atoms with van der Waals surface area (Å²) in [4.78, 5) is 36.7. The quantitative estimate of drug-likeness (QED) is 0.586. The molecule has 1 aliphatic heterocycles. The van der Waals surface area contributed by atoms with E-state index in [1.165, 1.54) is 18.2 Å². The molecule has 0 saturated carbocycles. The second kappa shape index (κ2) is 8.62. The van der Waals surface area contributed by atoms with Crippen LogP contribution in [0.2, 0.25) is 0 Å². The predicted molar refractivity (Wildman–Crippen MR) is 107 cm³/mol. The molecule has 1 N–H and O–H groups in total. The number of hydrogen-bond acceptors (Lipinski definition) is 5. The van der Waals surface area contributed by atoms with Gasteiger partial charge in [0.2, 0.25) is 0 Å². The van der Waals surface area contributed by atoms with Crippen LogP contribution in [0, 0.1) is 17.0 Å². The standard InChI is InChI=1S/C20H19F3N4O4/c1-13-12-14(2-7-17(13)27(30)31)18(28)24-15-3-5-16(6-4-15)25-8-10-26(11-9-25)19(29)20(21,22)23/h2-7,12H,8-11H2,1H3,(H,24,28). The Labute approximate surface area is 175 Å². The summed E-state index contributed by atoms with van der Waals surface area (Å²) in [7, 11) is 0. The van der Waals surface area contributed by atoms with E-state index >= 15 is 0 Å². The van der Waals surface area contributed by atoms with Gasteiger partial charge in [-0.25, -0.2) is 0 Å². The number of nitrogens with one attached hydrogen (secondary N) is 1. The van der Waals surface area contributed by atoms with Gasteiger partial charge < -0.3 is 15.1 Å². The lowest BCUT2D eigenvalue weighted by Gasteiger charge is -2.36. The first kappa shape index (κ1) is 22.1. The normalized spacial score (nSPS) is 14.3. The molecule has 0 spiro atoms. The van der Waals surface area contributed by atoms with E-state index in [0.29, 0.717) is 11.3 Å². The molecular weight excluding hydrogens is 417 g/mol. The average Bonchev–Trinajstić information content (AvgIpc) is 2.73. The zero-order valence-corrected chi connectivity index (χ0v) is 16.5. The Morgan fingerprint density at radius 1 is 1.03 bits per heavy atom. The number of alkyl halides is 3. The summed E-state index contributed by atoms with van der Waals surface area (Å²) in [6, 6.07) is 10.8. The largest absolute Gasteiger partial charge is 0.471 e. The Bertz CT molecular complexity index is 1000. The molecule has 0 aromatic heterocycles. The van der Waals surface area contributed by atoms with Gasteiger partial charge in [-0.2, -0.15) is 13.2 Å². The molecule has 3 rings (SSSR count). The summed E-state index contributed by atoms with van der Waals surface area (Å²) >= 11 is 0. The first-order valence-electron chi connectivity index (χ1n) is 9.34. The van der Waals surface area contributed by atoms with Crippen molar-refractivity contribution in [1.82, 2.24) is 4.90 Å². The summed E-state index contributed by atoms with van der Waals surface area (Å²) in [5.41, 5.74) is 1.82. The van der Waals surface area contributed by atoms with Crippen molar-refractivity contribution in [2.24, 2.45) is 0 Å². The Balaban J connectivity index is 1.60. The number of nitro groups is 1. The molecule has 164 valence electrons. The predicted octanol–water partition coefficient (Wildman–Crippen LogP) is 3.37. The second-order valence-corrected chi connectivity index (χ2v) is 7.04. The molecule has 1 aliphatic rings. The molecule has 2 aromatic carbocycles. The highest BCUT2D eigenvalue weighted by Crippen LogP contribution is 2.24. The highest BCUT2D eigenvalue weighted by atomic mass is 19.4. The van der Waals surface area contributed by atoms with Gasteiger partial charge in [-0.3, -0.25) is 19.7 Å². The lowest BCUT2D eigenvalue weighted by molar-refractivity contribution is -0.385. The number of halogens is 3. The zero-order chi connectivity index (χ0) is 22.8. The maximum absolute atomic E-state index is 12.5. The van der Waals surface area contributed by atoms with Gasteiger partial charge in [0.15, 0.2) is 0 Å². The van der Waals surface area contributed by atoms with Gasteiger partial charge in [-0.1, -0.05) is 0 Å². The van der Waals surface area contributed by atoms with E-state index in [2.05, 4.69) is 5.32 Å². The van der Waals surface area contributed by atoms with Crippen molar-refractivity contribution < 1.29 is 27.7 Å². The number of carbonyl (C=O) groups is 2. The number of amides is 2. The SMILES string of the molecule is Cc1cc(C(=O)Nc2ccc(N3CCN(C(=O)C(F)(F)F)CC3)cc2)ccc1[N+](=O)[O-]. The Morgan fingerprint density at radius 3 is 2.16 bits per heavy atom. The van der Waals surface area contributed by atoms with E-state index in [1.807, 2.05) is 4.90 Å². The molecule has 2 aromatic rings. The van der Waals surface area contributed by atoms with Gasteiger partial charge in [0, 0.05) is 54.7 Å². The minimum absolute atomic E-state index is 0.0314. The first-order valence-corrected chi connectivity index (χ1v) is 9.34. The third-order valence-corrected chi connectivity index (χ3v) is 4.96. The fraction of sp³-hybridized carbons (Fsp3) is 0.300. The second-order valence-electron chi connectivity index (χ2n) is 7.04. The van der Waals surface area contributed by atoms with Crippen LogP contribution < -0.4 is 10.2 Å². The highest BCUT2D eigenvalue weighted by Gasteiger charge is 2.43. The van der Waals surface area contributed by atoms with Crippen molar-refractivity contribution in [2.75, 3.05) is 36.4 Å². The molecule has 1 heterocycles. The van der Waals surface area contributed by atoms with Crippen LogP contribution in [0.5, 0.6) is 0 Å². The smallest absolute Gasteiger partial charge is 0.368 e. The van der Waals surface area contributed by atoms with E-state index in [9.17, 15) is 32.9 Å². The Hall–Kier alpha value is -3.63. The van der Waals surface area contributed by atoms with E-state index in [-0.39, 0.29) is 37.4 Å². The van der Waals surface area contributed by atoms with Gasteiger partial charge in [0.25, 0.3) is 11.6 Å². The number of carbonyl (C=O) groups excluding carboxylic acids is 2. The molecule has 0 radical (unpaired) electrons. The molecule has 31 heavy (non-hydrogen) atoms. The molecule has 1 saturated heterocycles. The summed E-state index contributed by atoms with van der Waals surface area (Å²) in [5.74, 6) is -2.25. The molecule has 0 unspecified atom stereocenters. The number of aryl methyl sites for hydroxylation is 1. The van der Waals surface area contributed by atoms with E-state index < -0.39 is 22.9 Å². The highest BCUT2D eigenvalue weighted by molar-refractivity contribution is 6.04. The van der Waals surface area contributed by atoms with Crippen molar-refractivity contribution in [3.63, 3.8) is 0 Å². The zero-order valence-electron chi connectivity index (χ0n) is 16.5. The number of nitrogens with zero attached hydrogens (tertiary/aromatic N) is 3. The fourth-order valence-corrected chi connectivity index (χ4v) is 3.31. The van der Waals surface area contributed by atoms with Crippen molar-refractivity contribution in [1.29, 1.82) is 0 Å². The minimum atomic E-state index is -4.87. The average molecular weight is 436 g/mol. The maximum atomic E-state index is 12.5. The van der Waals surface area contributed by atoms with Crippen LogP contribution in [0.15, 0.2) is 42.5 Å². The molecule has 0 bridgehead atoms. The number of anilines is 2. The molecular formula is C20H19F3N4O4. The number of hydrogen-bond donors (Lipinski definition) is 1. The van der Waals surface area contributed by atoms with Gasteiger partial charge >= 0.3 is 12.1 Å². The first-order chi connectivity index (χ1) is 14.6. The Morgan fingerprint density at radius 2 is 1.65 bits per heavy atom. The molecule has 0 atom stereocenters. The summed E-state index contributed by atoms with van der Waals surface area (Å²) < 4.78 is 37.6. The van der Waals surface area contributed by atoms with Crippen LogP contribution in [0.4, 0.5) is 30.2 Å². The van der Waals surface area contributed by atoms with Crippen LogP contribution in [-0.2, 0) is 4.79 Å². The van der Waals surface area contributed by atoms with E-state index in [4.69, 9.17) is 0 Å². The number of rotatable bonds is 4. The van der Waals surface area contributed by atoms with Crippen molar-refractivity contribution in [3.05, 3.63) is 63.7 Å². The molecule has 11 heteroatoms. The van der Waals surface area contributed by atoms with Gasteiger partial charge in [0.1, 0.15) is 0 Å². The minimum Gasteiger partial charge on any atom is -0.368 e. The summed E-state index contributed by atoms with van der Waals surface area (Å²) in [5, 5.41) is 13.6. The van der Waals surface area contributed by atoms with Gasteiger partial charge in [0.05, 0.1) is 4.92 Å². The van der Waals surface area contributed by atoms with Gasteiger partial charge in [-0.05, 0) is 43.3 Å². The van der Waals surface area contributed by atoms with Crippen molar-refractivity contribution in [2.45, 2.75) is 13.1 Å². The molecule has 1 fully saturated rings. The van der Waals surface area contributed by atoms with E-state index in [1.54, 1.807) is 31.2 Å². The summed E-state index contributed by atoms with van der Waals surface area (Å²) in [6.45, 7) is 2.00. The van der Waals surface area contributed by atoms with Crippen molar-refractivity contribution >= 4 is 28.9 Å². The lowest BCUT2D eigenvalue weighted by atomic mass is 10.1. The Kier molecular flexibility index (Phi) is 6.14. The number of piperazine rings is 1. The summed E-state index contributed by atoms with van der Waals surface area (Å²) in [6.07, 6.45) is -4.87. The maximum Gasteiger partial charge on any atom is 0.471 e. The van der Waals surface area contributed by atoms with Crippen molar-refractivity contribution in [3.8, 4) is 0 Å². The fourth-order valence-electron chi connectivity index (χ4n) is 3.31. The van der Waals surface area contributed by atoms with Crippen LogP contribution in [0.25, 0.3) is 0 Å². The number of nitro benzene ring substituents is 1. The lowest BCUT2D eigenvalue weighted by Crippen LogP contribution is -2.52. The third kappa shape index (κ3) is 5.11. The molecule has 0 aliphatic carbocycles.